The van der Waals surface area contributed by atoms with Gasteiger partial charge < -0.3 is 5.11 Å². The first-order valence-electron chi connectivity index (χ1n) is 8.20. The normalized spacial score (nSPS) is 36.6. The molecular formula is C17H30O2. The van der Waals surface area contributed by atoms with Crippen LogP contribution in [0.5, 0.6) is 0 Å². The Labute approximate surface area is 118 Å². The van der Waals surface area contributed by atoms with E-state index in [2.05, 4.69) is 20.8 Å². The second-order valence-electron chi connectivity index (χ2n) is 7.33. The van der Waals surface area contributed by atoms with Gasteiger partial charge in [-0.15, -0.1) is 0 Å². The Morgan fingerprint density at radius 2 is 2.00 bits per heavy atom. The minimum Gasteiger partial charge on any atom is -0.389 e. The third-order valence-corrected chi connectivity index (χ3v) is 5.61. The zero-order valence-electron chi connectivity index (χ0n) is 12.8. The smallest absolute Gasteiger partial charge is 0.136 e. The van der Waals surface area contributed by atoms with Crippen molar-refractivity contribution in [2.45, 2.75) is 77.7 Å². The van der Waals surface area contributed by atoms with Gasteiger partial charge in [-0.1, -0.05) is 33.6 Å². The Balaban J connectivity index is 1.96. The van der Waals surface area contributed by atoms with Crippen LogP contribution in [-0.4, -0.2) is 16.5 Å². The molecule has 2 aliphatic rings. The predicted octanol–water partition coefficient (Wildman–Crippen LogP) is 3.96. The molecule has 1 N–H and O–H groups in total. The monoisotopic (exact) mass is 266 g/mol. The number of hydrogen-bond donors (Lipinski definition) is 1. The predicted molar refractivity (Wildman–Crippen MR) is 77.9 cm³/mol. The number of fused-ring (bicyclic) bond motifs is 1. The van der Waals surface area contributed by atoms with Crippen molar-refractivity contribution in [3.8, 4) is 0 Å². The van der Waals surface area contributed by atoms with Crippen LogP contribution in [0.1, 0.15) is 72.1 Å². The van der Waals surface area contributed by atoms with Crippen molar-refractivity contribution >= 4 is 5.78 Å². The van der Waals surface area contributed by atoms with Crippen molar-refractivity contribution in [3.63, 3.8) is 0 Å². The Morgan fingerprint density at radius 3 is 2.68 bits per heavy atom. The van der Waals surface area contributed by atoms with E-state index in [0.717, 1.165) is 44.4 Å². The van der Waals surface area contributed by atoms with Crippen LogP contribution in [-0.2, 0) is 4.79 Å². The summed E-state index contributed by atoms with van der Waals surface area (Å²) in [4.78, 5) is 12.0. The van der Waals surface area contributed by atoms with Crippen LogP contribution >= 0.6 is 0 Å². The highest BCUT2D eigenvalue weighted by molar-refractivity contribution is 5.82. The van der Waals surface area contributed by atoms with Gasteiger partial charge in [-0.2, -0.15) is 0 Å². The van der Waals surface area contributed by atoms with Crippen LogP contribution in [0, 0.1) is 23.7 Å². The number of rotatable bonds is 5. The first-order chi connectivity index (χ1) is 8.95. The van der Waals surface area contributed by atoms with E-state index in [1.54, 1.807) is 0 Å². The quantitative estimate of drug-likeness (QED) is 0.818. The van der Waals surface area contributed by atoms with E-state index in [0.29, 0.717) is 11.7 Å². The minimum absolute atomic E-state index is 0.172. The summed E-state index contributed by atoms with van der Waals surface area (Å²) < 4.78 is 0. The van der Waals surface area contributed by atoms with E-state index < -0.39 is 5.60 Å². The molecule has 0 aromatic carbocycles. The summed E-state index contributed by atoms with van der Waals surface area (Å²) in [6.45, 7) is 6.71. The van der Waals surface area contributed by atoms with Crippen molar-refractivity contribution in [3.05, 3.63) is 0 Å². The molecule has 0 unspecified atom stereocenters. The van der Waals surface area contributed by atoms with Gasteiger partial charge in [0.25, 0.3) is 0 Å². The summed E-state index contributed by atoms with van der Waals surface area (Å²) >= 11 is 0. The summed E-state index contributed by atoms with van der Waals surface area (Å²) in [6, 6.07) is 0. The largest absolute Gasteiger partial charge is 0.389 e. The van der Waals surface area contributed by atoms with Crippen molar-refractivity contribution in [1.29, 1.82) is 0 Å². The fourth-order valence-corrected chi connectivity index (χ4v) is 4.33. The van der Waals surface area contributed by atoms with Gasteiger partial charge in [0.2, 0.25) is 0 Å². The van der Waals surface area contributed by atoms with E-state index in [-0.39, 0.29) is 11.8 Å². The maximum Gasteiger partial charge on any atom is 0.136 e. The van der Waals surface area contributed by atoms with Gasteiger partial charge in [0, 0.05) is 12.3 Å². The Bertz CT molecular complexity index is 323. The van der Waals surface area contributed by atoms with Gasteiger partial charge in [-0.3, -0.25) is 4.79 Å². The highest BCUT2D eigenvalue weighted by atomic mass is 16.3. The molecule has 2 saturated carbocycles. The zero-order chi connectivity index (χ0) is 14.0. The number of aliphatic hydroxyl groups is 1. The number of carbonyl (C=O) groups excluding carboxylic acids is 1. The molecule has 2 rings (SSSR count). The minimum atomic E-state index is -0.558. The Hall–Kier alpha value is -0.370. The van der Waals surface area contributed by atoms with Crippen LogP contribution in [0.3, 0.4) is 0 Å². The highest BCUT2D eigenvalue weighted by Crippen LogP contribution is 2.50. The van der Waals surface area contributed by atoms with E-state index in [1.165, 1.54) is 12.8 Å². The lowest BCUT2D eigenvalue weighted by Crippen LogP contribution is -2.44. The molecule has 2 aliphatic carbocycles. The first kappa shape index (κ1) is 15.0. The van der Waals surface area contributed by atoms with E-state index in [1.807, 2.05) is 0 Å². The molecule has 0 radical (unpaired) electrons. The van der Waals surface area contributed by atoms with Gasteiger partial charge in [-0.05, 0) is 49.9 Å². The molecule has 19 heavy (non-hydrogen) atoms. The van der Waals surface area contributed by atoms with Gasteiger partial charge >= 0.3 is 0 Å². The van der Waals surface area contributed by atoms with Gasteiger partial charge in [-0.25, -0.2) is 0 Å². The number of carbonyl (C=O) groups is 1. The lowest BCUT2D eigenvalue weighted by Gasteiger charge is -2.39. The fraction of sp³-hybridized carbons (Fsp3) is 0.941. The molecule has 0 saturated heterocycles. The Kier molecular flexibility index (Phi) is 4.70. The molecule has 0 aromatic rings. The SMILES string of the molecule is CC(C)CCC[C@@H](C)[C@@]1(O)CC[C@H]2C(=O)CCC[C@@H]21. The van der Waals surface area contributed by atoms with Crippen molar-refractivity contribution in [1.82, 2.24) is 0 Å². The molecule has 0 bridgehead atoms. The molecule has 110 valence electrons. The van der Waals surface area contributed by atoms with Crippen LogP contribution in [0.15, 0.2) is 0 Å². The molecule has 0 aromatic heterocycles. The third kappa shape index (κ3) is 3.04. The van der Waals surface area contributed by atoms with Crippen LogP contribution in [0.25, 0.3) is 0 Å². The van der Waals surface area contributed by atoms with Crippen LogP contribution in [0.4, 0.5) is 0 Å². The van der Waals surface area contributed by atoms with E-state index in [4.69, 9.17) is 0 Å². The third-order valence-electron chi connectivity index (χ3n) is 5.61. The number of hydrogen-bond acceptors (Lipinski definition) is 2. The molecule has 2 heteroatoms. The number of Topliss-reactive ketones (excluding diaryl/α,β-unsaturated/α-hetero) is 1. The lowest BCUT2D eigenvalue weighted by atomic mass is 9.70. The van der Waals surface area contributed by atoms with Crippen molar-refractivity contribution in [2.75, 3.05) is 0 Å². The van der Waals surface area contributed by atoms with Gasteiger partial charge in [0.15, 0.2) is 0 Å². The fourth-order valence-electron chi connectivity index (χ4n) is 4.33. The van der Waals surface area contributed by atoms with Crippen LogP contribution in [0.2, 0.25) is 0 Å². The molecule has 0 heterocycles. The summed E-state index contributed by atoms with van der Waals surface area (Å²) in [5.41, 5.74) is -0.558. The summed E-state index contributed by atoms with van der Waals surface area (Å²) in [5.74, 6) is 1.93. The molecular weight excluding hydrogens is 236 g/mol. The van der Waals surface area contributed by atoms with E-state index in [9.17, 15) is 9.90 Å². The highest BCUT2D eigenvalue weighted by Gasteiger charge is 2.52. The summed E-state index contributed by atoms with van der Waals surface area (Å²) in [7, 11) is 0. The molecule has 4 atom stereocenters. The van der Waals surface area contributed by atoms with Crippen molar-refractivity contribution < 1.29 is 9.90 Å². The zero-order valence-corrected chi connectivity index (χ0v) is 12.8. The van der Waals surface area contributed by atoms with E-state index >= 15 is 0 Å². The molecule has 2 fully saturated rings. The maximum atomic E-state index is 12.0. The number of ketones is 1. The van der Waals surface area contributed by atoms with Crippen molar-refractivity contribution in [2.24, 2.45) is 23.7 Å². The molecule has 0 amide bonds. The van der Waals surface area contributed by atoms with Gasteiger partial charge in [0.05, 0.1) is 5.60 Å². The second kappa shape index (κ2) is 5.95. The molecule has 0 spiro atoms. The molecule has 0 aliphatic heterocycles. The molecule has 2 nitrogen and oxygen atoms in total. The standard InChI is InChI=1S/C17H30O2/c1-12(2)6-4-7-13(3)17(19)11-10-14-15(17)8-5-9-16(14)18/h12-15,19H,4-11H2,1-3H3/t13-,14-,15+,17+/m1/s1. The maximum absolute atomic E-state index is 12.0. The first-order valence-corrected chi connectivity index (χ1v) is 8.20. The average molecular weight is 266 g/mol. The Morgan fingerprint density at radius 1 is 1.26 bits per heavy atom. The summed E-state index contributed by atoms with van der Waals surface area (Å²) in [5, 5.41) is 11.1. The van der Waals surface area contributed by atoms with Gasteiger partial charge in [0.1, 0.15) is 5.78 Å². The topological polar surface area (TPSA) is 37.3 Å². The van der Waals surface area contributed by atoms with Crippen LogP contribution < -0.4 is 0 Å². The second-order valence-corrected chi connectivity index (χ2v) is 7.33. The lowest BCUT2D eigenvalue weighted by molar-refractivity contribution is -0.131. The summed E-state index contributed by atoms with van der Waals surface area (Å²) in [6.07, 6.45) is 8.11. The average Bonchev–Trinajstić information content (AvgIpc) is 2.70.